The van der Waals surface area contributed by atoms with Crippen molar-refractivity contribution in [2.45, 2.75) is 6.10 Å². The molecule has 96 valence electrons. The van der Waals surface area contributed by atoms with Crippen LogP contribution in [0.25, 0.3) is 0 Å². The summed E-state index contributed by atoms with van der Waals surface area (Å²) in [4.78, 5) is 0.715. The molecule has 0 aliphatic carbocycles. The minimum atomic E-state index is -0.776. The summed E-state index contributed by atoms with van der Waals surface area (Å²) in [5.74, 6) is 1.27. The largest absolute Gasteiger partial charge is 0.497 e. The zero-order chi connectivity index (χ0) is 13.1. The third-order valence-electron chi connectivity index (χ3n) is 2.58. The SMILES string of the molecule is COc1cc(OC)cc(C(O)c2sccc2Cl)c1. The van der Waals surface area contributed by atoms with Crippen molar-refractivity contribution in [2.24, 2.45) is 0 Å². The van der Waals surface area contributed by atoms with E-state index >= 15 is 0 Å². The summed E-state index contributed by atoms with van der Waals surface area (Å²) in [5, 5.41) is 12.7. The fourth-order valence-electron chi connectivity index (χ4n) is 1.64. The van der Waals surface area contributed by atoms with Crippen molar-refractivity contribution in [1.82, 2.24) is 0 Å². The standard InChI is InChI=1S/C13H13ClO3S/c1-16-9-5-8(6-10(7-9)17-2)12(15)13-11(14)3-4-18-13/h3-7,12,15H,1-2H3. The molecule has 0 aliphatic heterocycles. The Morgan fingerprint density at radius 1 is 1.17 bits per heavy atom. The van der Waals surface area contributed by atoms with Gasteiger partial charge in [0.2, 0.25) is 0 Å². The van der Waals surface area contributed by atoms with Gasteiger partial charge >= 0.3 is 0 Å². The first-order valence-corrected chi connectivity index (χ1v) is 6.55. The number of aliphatic hydroxyl groups excluding tert-OH is 1. The highest BCUT2D eigenvalue weighted by Gasteiger charge is 2.17. The zero-order valence-electron chi connectivity index (χ0n) is 10.0. The maximum Gasteiger partial charge on any atom is 0.122 e. The molecule has 0 spiro atoms. The van der Waals surface area contributed by atoms with Crippen LogP contribution >= 0.6 is 22.9 Å². The lowest BCUT2D eigenvalue weighted by atomic mass is 10.1. The lowest BCUT2D eigenvalue weighted by molar-refractivity contribution is 0.223. The Morgan fingerprint density at radius 3 is 2.22 bits per heavy atom. The summed E-state index contributed by atoms with van der Waals surface area (Å²) in [5.41, 5.74) is 0.690. The summed E-state index contributed by atoms with van der Waals surface area (Å²) >= 11 is 7.44. The average molecular weight is 285 g/mol. The minimum absolute atomic E-state index is 0.564. The molecular weight excluding hydrogens is 272 g/mol. The van der Waals surface area contributed by atoms with Gasteiger partial charge in [-0.2, -0.15) is 0 Å². The van der Waals surface area contributed by atoms with E-state index < -0.39 is 6.10 Å². The van der Waals surface area contributed by atoms with Crippen LogP contribution in [0.15, 0.2) is 29.6 Å². The second-order valence-corrected chi connectivity index (χ2v) is 5.04. The van der Waals surface area contributed by atoms with Gasteiger partial charge in [-0.15, -0.1) is 11.3 Å². The van der Waals surface area contributed by atoms with Gasteiger partial charge in [0.05, 0.1) is 24.1 Å². The van der Waals surface area contributed by atoms with Crippen molar-refractivity contribution in [3.63, 3.8) is 0 Å². The van der Waals surface area contributed by atoms with Crippen LogP contribution in [0, 0.1) is 0 Å². The molecule has 1 N–H and O–H groups in total. The smallest absolute Gasteiger partial charge is 0.122 e. The Bertz CT molecular complexity index is 517. The fourth-order valence-corrected chi connectivity index (χ4v) is 2.81. The van der Waals surface area contributed by atoms with Crippen LogP contribution in [-0.2, 0) is 0 Å². The summed E-state index contributed by atoms with van der Waals surface area (Å²) in [6.45, 7) is 0. The Hall–Kier alpha value is -1.23. The first-order valence-electron chi connectivity index (χ1n) is 5.29. The highest BCUT2D eigenvalue weighted by atomic mass is 35.5. The van der Waals surface area contributed by atoms with E-state index in [0.717, 1.165) is 0 Å². The van der Waals surface area contributed by atoms with Crippen LogP contribution in [0.4, 0.5) is 0 Å². The molecule has 1 heterocycles. The molecule has 0 amide bonds. The molecule has 3 nitrogen and oxygen atoms in total. The van der Waals surface area contributed by atoms with Gasteiger partial charge in [0.1, 0.15) is 17.6 Å². The Labute approximate surface area is 115 Å². The molecule has 0 radical (unpaired) electrons. The molecule has 1 unspecified atom stereocenters. The third kappa shape index (κ3) is 2.61. The van der Waals surface area contributed by atoms with Crippen molar-refractivity contribution < 1.29 is 14.6 Å². The minimum Gasteiger partial charge on any atom is -0.497 e. The number of methoxy groups -OCH3 is 2. The molecule has 18 heavy (non-hydrogen) atoms. The Balaban J connectivity index is 2.41. The van der Waals surface area contributed by atoms with E-state index in [-0.39, 0.29) is 0 Å². The predicted octanol–water partition coefficient (Wildman–Crippen LogP) is 3.50. The van der Waals surface area contributed by atoms with Gasteiger partial charge in [-0.1, -0.05) is 11.6 Å². The van der Waals surface area contributed by atoms with Crippen LogP contribution in [-0.4, -0.2) is 19.3 Å². The van der Waals surface area contributed by atoms with E-state index in [9.17, 15) is 5.11 Å². The Morgan fingerprint density at radius 2 is 1.78 bits per heavy atom. The summed E-state index contributed by atoms with van der Waals surface area (Å²) < 4.78 is 10.3. The first kappa shape index (κ1) is 13.2. The number of aliphatic hydroxyl groups is 1. The monoisotopic (exact) mass is 284 g/mol. The first-order chi connectivity index (χ1) is 8.65. The van der Waals surface area contributed by atoms with Crippen LogP contribution < -0.4 is 9.47 Å². The van der Waals surface area contributed by atoms with Crippen LogP contribution in [0.3, 0.4) is 0 Å². The Kier molecular flexibility index (Phi) is 4.11. The fraction of sp³-hybridized carbons (Fsp3) is 0.231. The molecule has 2 aromatic rings. The topological polar surface area (TPSA) is 38.7 Å². The summed E-state index contributed by atoms with van der Waals surface area (Å²) in [6, 6.07) is 7.06. The summed E-state index contributed by atoms with van der Waals surface area (Å²) in [7, 11) is 3.14. The molecule has 1 aromatic carbocycles. The molecule has 2 rings (SSSR count). The van der Waals surface area contributed by atoms with E-state index in [2.05, 4.69) is 0 Å². The van der Waals surface area contributed by atoms with Crippen molar-refractivity contribution in [3.8, 4) is 11.5 Å². The van der Waals surface area contributed by atoms with Gasteiger partial charge in [0.15, 0.2) is 0 Å². The molecule has 1 atom stereocenters. The molecule has 0 bridgehead atoms. The molecule has 5 heteroatoms. The van der Waals surface area contributed by atoms with Crippen molar-refractivity contribution in [1.29, 1.82) is 0 Å². The van der Waals surface area contributed by atoms with Crippen molar-refractivity contribution in [2.75, 3.05) is 14.2 Å². The number of ether oxygens (including phenoxy) is 2. The van der Waals surface area contributed by atoms with Crippen molar-refractivity contribution >= 4 is 22.9 Å². The van der Waals surface area contributed by atoms with Gasteiger partial charge in [0, 0.05) is 6.07 Å². The van der Waals surface area contributed by atoms with Crippen LogP contribution in [0.2, 0.25) is 5.02 Å². The van der Waals surface area contributed by atoms with Gasteiger partial charge in [-0.05, 0) is 29.1 Å². The molecule has 0 fully saturated rings. The molecular formula is C13H13ClO3S. The molecule has 0 aliphatic rings. The second kappa shape index (κ2) is 5.61. The second-order valence-electron chi connectivity index (χ2n) is 3.68. The number of thiophene rings is 1. The van der Waals surface area contributed by atoms with Gasteiger partial charge in [-0.25, -0.2) is 0 Å². The lowest BCUT2D eigenvalue weighted by Gasteiger charge is -2.13. The van der Waals surface area contributed by atoms with Gasteiger partial charge in [-0.3, -0.25) is 0 Å². The van der Waals surface area contributed by atoms with E-state index in [0.29, 0.717) is 27.0 Å². The highest BCUT2D eigenvalue weighted by Crippen LogP contribution is 2.35. The van der Waals surface area contributed by atoms with Crippen LogP contribution in [0.1, 0.15) is 16.5 Å². The number of hydrogen-bond donors (Lipinski definition) is 1. The normalized spacial score (nSPS) is 12.2. The van der Waals surface area contributed by atoms with Gasteiger partial charge < -0.3 is 14.6 Å². The van der Waals surface area contributed by atoms with E-state index in [1.165, 1.54) is 11.3 Å². The average Bonchev–Trinajstić information content (AvgIpc) is 2.83. The summed E-state index contributed by atoms with van der Waals surface area (Å²) in [6.07, 6.45) is -0.776. The molecule has 1 aromatic heterocycles. The number of benzene rings is 1. The number of halogens is 1. The van der Waals surface area contributed by atoms with Crippen molar-refractivity contribution in [3.05, 3.63) is 45.1 Å². The van der Waals surface area contributed by atoms with E-state index in [1.807, 2.05) is 5.38 Å². The number of rotatable bonds is 4. The maximum atomic E-state index is 10.3. The van der Waals surface area contributed by atoms with Gasteiger partial charge in [0.25, 0.3) is 0 Å². The lowest BCUT2D eigenvalue weighted by Crippen LogP contribution is -1.99. The third-order valence-corrected chi connectivity index (χ3v) is 3.99. The zero-order valence-corrected chi connectivity index (χ0v) is 11.6. The maximum absolute atomic E-state index is 10.3. The van der Waals surface area contributed by atoms with E-state index in [4.69, 9.17) is 21.1 Å². The molecule has 0 saturated carbocycles. The predicted molar refractivity (Wildman–Crippen MR) is 72.9 cm³/mol. The quantitative estimate of drug-likeness (QED) is 0.934. The van der Waals surface area contributed by atoms with E-state index in [1.54, 1.807) is 38.5 Å². The number of hydrogen-bond acceptors (Lipinski definition) is 4. The highest BCUT2D eigenvalue weighted by molar-refractivity contribution is 7.10. The molecule has 0 saturated heterocycles. The van der Waals surface area contributed by atoms with Crippen LogP contribution in [0.5, 0.6) is 11.5 Å².